The van der Waals surface area contributed by atoms with Crippen LogP contribution in [0, 0.1) is 0 Å². The van der Waals surface area contributed by atoms with Crippen molar-refractivity contribution in [3.8, 4) is 16.8 Å². The van der Waals surface area contributed by atoms with Crippen LogP contribution in [0.5, 0.6) is 0 Å². The standard InChI is InChI=1S/C54H37N3O/c1-5-16-38(17-6-1)39-28-30-43(31-29-39)56(42-22-11-4-12-23-42)44-24-15-25-45(34-44)57-51-33-32-46(55(40-18-7-2-8-19-40)41-20-9-3-10-21-41)35-48(51)49-37-54-50(36-52(49)57)47-26-13-14-27-53(47)58-54/h1-37H. The SMILES string of the molecule is c1ccc(-c2ccc(N(c3ccccc3)c3cccc(-n4c5ccc(N(c6ccccc6)c6ccccc6)cc5c5cc6oc7ccccc7c6cc54)c3)cc2)cc1. The molecule has 0 aliphatic heterocycles. The molecule has 4 nitrogen and oxygen atoms in total. The molecule has 0 radical (unpaired) electrons. The molecule has 0 N–H and O–H groups in total. The third-order valence-corrected chi connectivity index (χ3v) is 11.1. The van der Waals surface area contributed by atoms with Gasteiger partial charge in [-0.1, -0.05) is 121 Å². The van der Waals surface area contributed by atoms with Gasteiger partial charge in [0.15, 0.2) is 0 Å². The molecule has 274 valence electrons. The first-order chi connectivity index (χ1) is 28.8. The lowest BCUT2D eigenvalue weighted by Gasteiger charge is -2.26. The number of furan rings is 1. The number of anilines is 6. The summed E-state index contributed by atoms with van der Waals surface area (Å²) in [6.45, 7) is 0. The molecule has 9 aromatic carbocycles. The second-order valence-electron chi connectivity index (χ2n) is 14.6. The summed E-state index contributed by atoms with van der Waals surface area (Å²) in [6, 6.07) is 79.8. The zero-order valence-corrected chi connectivity index (χ0v) is 31.6. The molecule has 11 rings (SSSR count). The second kappa shape index (κ2) is 14.0. The van der Waals surface area contributed by atoms with Crippen LogP contribution in [0.2, 0.25) is 0 Å². The number of benzene rings is 9. The number of rotatable bonds is 8. The first-order valence-electron chi connectivity index (χ1n) is 19.7. The number of para-hydroxylation sites is 4. The predicted octanol–water partition coefficient (Wildman–Crippen LogP) is 15.3. The van der Waals surface area contributed by atoms with E-state index in [1.165, 1.54) is 11.1 Å². The maximum absolute atomic E-state index is 6.50. The Morgan fingerprint density at radius 2 is 0.793 bits per heavy atom. The Morgan fingerprint density at radius 3 is 1.45 bits per heavy atom. The summed E-state index contributed by atoms with van der Waals surface area (Å²) in [6.07, 6.45) is 0. The van der Waals surface area contributed by atoms with Gasteiger partial charge in [0, 0.05) is 61.4 Å². The first-order valence-corrected chi connectivity index (χ1v) is 19.7. The average Bonchev–Trinajstić information content (AvgIpc) is 3.82. The quantitative estimate of drug-likeness (QED) is 0.155. The van der Waals surface area contributed by atoms with Crippen molar-refractivity contribution in [1.82, 2.24) is 4.57 Å². The topological polar surface area (TPSA) is 24.6 Å². The molecule has 58 heavy (non-hydrogen) atoms. The summed E-state index contributed by atoms with van der Waals surface area (Å²) in [5, 5.41) is 4.49. The minimum Gasteiger partial charge on any atom is -0.456 e. The molecular formula is C54H37N3O. The average molecular weight is 744 g/mol. The van der Waals surface area contributed by atoms with E-state index < -0.39 is 0 Å². The van der Waals surface area contributed by atoms with Crippen LogP contribution in [0.4, 0.5) is 34.1 Å². The van der Waals surface area contributed by atoms with Crippen molar-refractivity contribution in [2.45, 2.75) is 0 Å². The lowest BCUT2D eigenvalue weighted by Crippen LogP contribution is -2.10. The van der Waals surface area contributed by atoms with Crippen LogP contribution in [-0.2, 0) is 0 Å². The summed E-state index contributed by atoms with van der Waals surface area (Å²) in [4.78, 5) is 4.66. The van der Waals surface area contributed by atoms with E-state index in [2.05, 4.69) is 233 Å². The summed E-state index contributed by atoms with van der Waals surface area (Å²) < 4.78 is 8.91. The highest BCUT2D eigenvalue weighted by molar-refractivity contribution is 6.17. The van der Waals surface area contributed by atoms with Crippen molar-refractivity contribution in [3.63, 3.8) is 0 Å². The first kappa shape index (κ1) is 33.5. The van der Waals surface area contributed by atoms with Crippen molar-refractivity contribution in [3.05, 3.63) is 224 Å². The molecule has 0 spiro atoms. The highest BCUT2D eigenvalue weighted by Crippen LogP contribution is 2.43. The predicted molar refractivity (Wildman–Crippen MR) is 243 cm³/mol. The van der Waals surface area contributed by atoms with Gasteiger partial charge < -0.3 is 18.8 Å². The number of aromatic nitrogens is 1. The number of hydrogen-bond acceptors (Lipinski definition) is 3. The van der Waals surface area contributed by atoms with E-state index in [1.54, 1.807) is 0 Å². The van der Waals surface area contributed by atoms with Gasteiger partial charge in [0.05, 0.1) is 11.0 Å². The third-order valence-electron chi connectivity index (χ3n) is 11.1. The molecule has 11 aromatic rings. The van der Waals surface area contributed by atoms with Crippen molar-refractivity contribution in [2.24, 2.45) is 0 Å². The number of fused-ring (bicyclic) bond motifs is 6. The number of nitrogens with zero attached hydrogens (tertiary/aromatic N) is 3. The Balaban J connectivity index is 1.12. The molecule has 0 saturated carbocycles. The number of hydrogen-bond donors (Lipinski definition) is 0. The van der Waals surface area contributed by atoms with Gasteiger partial charge in [0.1, 0.15) is 11.2 Å². The monoisotopic (exact) mass is 743 g/mol. The van der Waals surface area contributed by atoms with Crippen LogP contribution < -0.4 is 9.80 Å². The van der Waals surface area contributed by atoms with Crippen LogP contribution >= 0.6 is 0 Å². The molecule has 0 bridgehead atoms. The van der Waals surface area contributed by atoms with Gasteiger partial charge in [-0.3, -0.25) is 0 Å². The molecule has 0 fully saturated rings. The van der Waals surface area contributed by atoms with E-state index in [0.29, 0.717) is 0 Å². The van der Waals surface area contributed by atoms with Crippen molar-refractivity contribution >= 4 is 77.9 Å². The fourth-order valence-electron chi connectivity index (χ4n) is 8.47. The maximum atomic E-state index is 6.50. The van der Waals surface area contributed by atoms with Crippen molar-refractivity contribution in [1.29, 1.82) is 0 Å². The Morgan fingerprint density at radius 1 is 0.293 bits per heavy atom. The lowest BCUT2D eigenvalue weighted by molar-refractivity contribution is 0.669. The molecule has 4 heteroatoms. The Bertz CT molecular complexity index is 3170. The van der Waals surface area contributed by atoms with Crippen molar-refractivity contribution < 1.29 is 4.42 Å². The summed E-state index contributed by atoms with van der Waals surface area (Å²) in [5.41, 5.74) is 14.0. The Hall–Kier alpha value is -7.82. The maximum Gasteiger partial charge on any atom is 0.136 e. The van der Waals surface area contributed by atoms with E-state index in [9.17, 15) is 0 Å². The van der Waals surface area contributed by atoms with Gasteiger partial charge in [0.25, 0.3) is 0 Å². The molecule has 0 aliphatic rings. The smallest absolute Gasteiger partial charge is 0.136 e. The van der Waals surface area contributed by atoms with E-state index in [4.69, 9.17) is 4.42 Å². The lowest BCUT2D eigenvalue weighted by atomic mass is 10.0. The molecule has 0 amide bonds. The van der Waals surface area contributed by atoms with Crippen LogP contribution in [0.15, 0.2) is 229 Å². The van der Waals surface area contributed by atoms with Crippen LogP contribution in [-0.4, -0.2) is 4.57 Å². The van der Waals surface area contributed by atoms with Gasteiger partial charge in [-0.25, -0.2) is 0 Å². The van der Waals surface area contributed by atoms with E-state index in [0.717, 1.165) is 83.6 Å². The molecule has 2 heterocycles. The minimum absolute atomic E-state index is 0.879. The fourth-order valence-corrected chi connectivity index (χ4v) is 8.47. The summed E-state index contributed by atoms with van der Waals surface area (Å²) in [5.74, 6) is 0. The largest absolute Gasteiger partial charge is 0.456 e. The van der Waals surface area contributed by atoms with E-state index in [1.807, 2.05) is 6.07 Å². The zero-order valence-electron chi connectivity index (χ0n) is 31.6. The van der Waals surface area contributed by atoms with Gasteiger partial charge in [-0.2, -0.15) is 0 Å². The molecule has 0 atom stereocenters. The second-order valence-corrected chi connectivity index (χ2v) is 14.6. The van der Waals surface area contributed by atoms with Gasteiger partial charge in [-0.05, 0) is 114 Å². The van der Waals surface area contributed by atoms with Crippen LogP contribution in [0.1, 0.15) is 0 Å². The minimum atomic E-state index is 0.879. The Labute approximate surface area is 336 Å². The van der Waals surface area contributed by atoms with Gasteiger partial charge in [-0.15, -0.1) is 0 Å². The molecule has 0 saturated heterocycles. The van der Waals surface area contributed by atoms with Gasteiger partial charge in [0.2, 0.25) is 0 Å². The van der Waals surface area contributed by atoms with Crippen LogP contribution in [0.25, 0.3) is 60.6 Å². The fraction of sp³-hybridized carbons (Fsp3) is 0. The Kier molecular flexibility index (Phi) is 8.11. The molecule has 0 unspecified atom stereocenters. The normalized spacial score (nSPS) is 11.4. The highest BCUT2D eigenvalue weighted by Gasteiger charge is 2.21. The molecular weight excluding hydrogens is 707 g/mol. The molecule has 0 aliphatic carbocycles. The zero-order chi connectivity index (χ0) is 38.4. The van der Waals surface area contributed by atoms with E-state index >= 15 is 0 Å². The summed E-state index contributed by atoms with van der Waals surface area (Å²) >= 11 is 0. The third kappa shape index (κ3) is 5.78. The van der Waals surface area contributed by atoms with E-state index in [-0.39, 0.29) is 0 Å². The summed E-state index contributed by atoms with van der Waals surface area (Å²) in [7, 11) is 0. The van der Waals surface area contributed by atoms with Crippen molar-refractivity contribution in [2.75, 3.05) is 9.80 Å². The highest BCUT2D eigenvalue weighted by atomic mass is 16.3. The van der Waals surface area contributed by atoms with Gasteiger partial charge >= 0.3 is 0 Å². The van der Waals surface area contributed by atoms with Crippen LogP contribution in [0.3, 0.4) is 0 Å². The molecule has 2 aromatic heterocycles.